The normalized spacial score (nSPS) is 11.6. The molecule has 0 heterocycles. The maximum Gasteiger partial charge on any atom is 0.259 e. The quantitative estimate of drug-likeness (QED) is 0.493. The van der Waals surface area contributed by atoms with Crippen LogP contribution < -0.4 is 5.32 Å². The third kappa shape index (κ3) is 4.25. The fourth-order valence-electron chi connectivity index (χ4n) is 3.06. The zero-order valence-corrected chi connectivity index (χ0v) is 17.6. The van der Waals surface area contributed by atoms with E-state index < -0.39 is 23.4 Å². The lowest BCUT2D eigenvalue weighted by Gasteiger charge is -2.16. The monoisotopic (exact) mass is 442 g/mol. The summed E-state index contributed by atoms with van der Waals surface area (Å²) in [4.78, 5) is 12.5. The van der Waals surface area contributed by atoms with Crippen molar-refractivity contribution in [2.75, 3.05) is 5.32 Å². The number of carbonyl (C=O) groups excluding carboxylic acids is 1. The molecule has 1 atom stereocenters. The fraction of sp³-hybridized carbons (Fsp3) is 0.130. The van der Waals surface area contributed by atoms with Gasteiger partial charge in [-0.1, -0.05) is 59.1 Å². The van der Waals surface area contributed by atoms with Crippen molar-refractivity contribution in [3.05, 3.63) is 92.2 Å². The molecule has 0 bridgehead atoms. The van der Waals surface area contributed by atoms with Gasteiger partial charge in [0.05, 0.1) is 22.6 Å². The van der Waals surface area contributed by atoms with E-state index in [9.17, 15) is 19.6 Å². The Balaban J connectivity index is 1.93. The van der Waals surface area contributed by atoms with Gasteiger partial charge in [0.15, 0.2) is 11.6 Å². The molecule has 0 radical (unpaired) electrons. The van der Waals surface area contributed by atoms with E-state index in [0.717, 1.165) is 11.1 Å². The minimum Gasteiger partial charge on any atom is -0.504 e. The number of carbonyl (C=O) groups is 1. The average molecular weight is 443 g/mol. The minimum absolute atomic E-state index is 0.258. The second kappa shape index (κ2) is 8.74. The summed E-state index contributed by atoms with van der Waals surface area (Å²) in [6.07, 6.45) is 0. The van der Waals surface area contributed by atoms with Gasteiger partial charge in [-0.3, -0.25) is 4.79 Å². The van der Waals surface area contributed by atoms with Gasteiger partial charge in [0.2, 0.25) is 0 Å². The molecule has 2 N–H and O–H groups in total. The Hall–Kier alpha value is -3.07. The Labute approximate surface area is 183 Å². The summed E-state index contributed by atoms with van der Waals surface area (Å²) < 4.78 is 13.8. The number of nitrogens with zero attached hydrogens (tertiary/aromatic N) is 1. The van der Waals surface area contributed by atoms with Crippen molar-refractivity contribution in [1.82, 2.24) is 0 Å². The van der Waals surface area contributed by atoms with Crippen molar-refractivity contribution in [1.29, 1.82) is 5.26 Å². The average Bonchev–Trinajstić information content (AvgIpc) is 2.71. The number of halogens is 3. The molecule has 0 saturated carbocycles. The van der Waals surface area contributed by atoms with Crippen LogP contribution in [0.25, 0.3) is 0 Å². The highest BCUT2D eigenvalue weighted by Gasteiger charge is 2.21. The molecule has 0 aliphatic heterocycles. The number of aryl methyl sites for hydroxylation is 2. The zero-order valence-electron chi connectivity index (χ0n) is 16.1. The number of nitrogens with one attached hydrogen (secondary N) is 1. The van der Waals surface area contributed by atoms with E-state index in [1.165, 1.54) is 18.2 Å². The van der Waals surface area contributed by atoms with Crippen LogP contribution in [0.3, 0.4) is 0 Å². The number of amides is 1. The SMILES string of the molecule is Cc1ccc(C(C#N)c2cc(C)c(NC(=O)c3ccc(Cl)c(F)c3O)cc2Cl)cc1. The standard InChI is InChI=1S/C23H17Cl2FN2O2/c1-12-3-5-14(6-4-12)17(11-27)16-9-13(2)20(10-19(16)25)28-23(30)15-7-8-18(24)21(26)22(15)29/h3-10,17,29H,1-2H3,(H,28,30). The summed E-state index contributed by atoms with van der Waals surface area (Å²) in [5, 5.41) is 22.2. The topological polar surface area (TPSA) is 73.1 Å². The van der Waals surface area contributed by atoms with Crippen LogP contribution in [0.4, 0.5) is 10.1 Å². The summed E-state index contributed by atoms with van der Waals surface area (Å²) in [5.74, 6) is -3.19. The Morgan fingerprint density at radius 3 is 2.40 bits per heavy atom. The van der Waals surface area contributed by atoms with E-state index in [-0.39, 0.29) is 10.6 Å². The van der Waals surface area contributed by atoms with Crippen LogP contribution in [-0.2, 0) is 0 Å². The number of nitriles is 1. The van der Waals surface area contributed by atoms with Crippen LogP contribution in [0.2, 0.25) is 10.0 Å². The van der Waals surface area contributed by atoms with Gasteiger partial charge in [0.1, 0.15) is 0 Å². The molecule has 0 aromatic heterocycles. The van der Waals surface area contributed by atoms with Crippen LogP contribution in [0.15, 0.2) is 48.5 Å². The van der Waals surface area contributed by atoms with E-state index in [1.54, 1.807) is 13.0 Å². The lowest BCUT2D eigenvalue weighted by Crippen LogP contribution is -2.14. The second-order valence-corrected chi connectivity index (χ2v) is 7.69. The highest BCUT2D eigenvalue weighted by Crippen LogP contribution is 2.35. The third-order valence-electron chi connectivity index (χ3n) is 4.76. The van der Waals surface area contributed by atoms with Crippen molar-refractivity contribution < 1.29 is 14.3 Å². The number of benzene rings is 3. The number of phenolic OH excluding ortho intramolecular Hbond substituents is 1. The van der Waals surface area contributed by atoms with E-state index >= 15 is 0 Å². The van der Waals surface area contributed by atoms with Crippen LogP contribution in [0.5, 0.6) is 5.75 Å². The van der Waals surface area contributed by atoms with E-state index in [2.05, 4.69) is 11.4 Å². The Bertz CT molecular complexity index is 1170. The lowest BCUT2D eigenvalue weighted by molar-refractivity contribution is 0.102. The van der Waals surface area contributed by atoms with Gasteiger partial charge >= 0.3 is 0 Å². The minimum atomic E-state index is -1.07. The van der Waals surface area contributed by atoms with E-state index in [1.807, 2.05) is 31.2 Å². The maximum atomic E-state index is 13.8. The van der Waals surface area contributed by atoms with Crippen molar-refractivity contribution in [3.63, 3.8) is 0 Å². The molecule has 7 heteroatoms. The number of phenols is 1. The largest absolute Gasteiger partial charge is 0.504 e. The van der Waals surface area contributed by atoms with Gasteiger partial charge < -0.3 is 10.4 Å². The smallest absolute Gasteiger partial charge is 0.259 e. The van der Waals surface area contributed by atoms with Crippen molar-refractivity contribution >= 4 is 34.8 Å². The molecule has 0 aliphatic carbocycles. The number of anilines is 1. The lowest BCUT2D eigenvalue weighted by atomic mass is 9.90. The summed E-state index contributed by atoms with van der Waals surface area (Å²) in [6.45, 7) is 3.71. The summed E-state index contributed by atoms with van der Waals surface area (Å²) >= 11 is 12.0. The molecule has 1 amide bonds. The molecule has 30 heavy (non-hydrogen) atoms. The molecule has 152 valence electrons. The zero-order chi connectivity index (χ0) is 22.0. The first-order valence-corrected chi connectivity index (χ1v) is 9.73. The van der Waals surface area contributed by atoms with Gasteiger partial charge in [-0.15, -0.1) is 0 Å². The number of rotatable bonds is 4. The van der Waals surface area contributed by atoms with Gasteiger partial charge in [-0.2, -0.15) is 5.26 Å². The first kappa shape index (κ1) is 21.6. The number of aromatic hydroxyl groups is 1. The van der Waals surface area contributed by atoms with Crippen molar-refractivity contribution in [2.24, 2.45) is 0 Å². The summed E-state index contributed by atoms with van der Waals surface area (Å²) in [5.41, 5.74) is 3.28. The van der Waals surface area contributed by atoms with Gasteiger partial charge in [0.25, 0.3) is 5.91 Å². The molecule has 0 aliphatic rings. The maximum absolute atomic E-state index is 13.8. The Morgan fingerprint density at radius 1 is 1.10 bits per heavy atom. The molecular weight excluding hydrogens is 426 g/mol. The number of hydrogen-bond acceptors (Lipinski definition) is 3. The summed E-state index contributed by atoms with van der Waals surface area (Å²) in [6, 6.07) is 15.5. The predicted octanol–water partition coefficient (Wildman–Crippen LogP) is 6.36. The predicted molar refractivity (Wildman–Crippen MR) is 116 cm³/mol. The molecule has 1 unspecified atom stereocenters. The molecule has 0 fully saturated rings. The molecule has 0 spiro atoms. The number of hydrogen-bond donors (Lipinski definition) is 2. The molecule has 4 nitrogen and oxygen atoms in total. The highest BCUT2D eigenvalue weighted by atomic mass is 35.5. The van der Waals surface area contributed by atoms with Crippen LogP contribution in [0, 0.1) is 31.0 Å². The highest BCUT2D eigenvalue weighted by molar-refractivity contribution is 6.32. The van der Waals surface area contributed by atoms with Gasteiger partial charge in [-0.25, -0.2) is 4.39 Å². The molecular formula is C23H17Cl2FN2O2. The third-order valence-corrected chi connectivity index (χ3v) is 5.38. The van der Waals surface area contributed by atoms with Crippen LogP contribution in [0.1, 0.15) is 38.5 Å². The first-order valence-electron chi connectivity index (χ1n) is 8.97. The van der Waals surface area contributed by atoms with E-state index in [0.29, 0.717) is 21.8 Å². The Kier molecular flexibility index (Phi) is 6.31. The van der Waals surface area contributed by atoms with Crippen LogP contribution >= 0.6 is 23.2 Å². The fourth-order valence-corrected chi connectivity index (χ4v) is 3.48. The Morgan fingerprint density at radius 2 is 1.77 bits per heavy atom. The van der Waals surface area contributed by atoms with E-state index in [4.69, 9.17) is 23.2 Å². The molecule has 3 aromatic rings. The molecule has 3 aromatic carbocycles. The first-order chi connectivity index (χ1) is 14.2. The second-order valence-electron chi connectivity index (χ2n) is 6.87. The van der Waals surface area contributed by atoms with Crippen molar-refractivity contribution in [2.45, 2.75) is 19.8 Å². The van der Waals surface area contributed by atoms with Crippen LogP contribution in [-0.4, -0.2) is 11.0 Å². The van der Waals surface area contributed by atoms with Gasteiger partial charge in [0, 0.05) is 10.7 Å². The molecule has 3 rings (SSSR count). The molecule has 0 saturated heterocycles. The summed E-state index contributed by atoms with van der Waals surface area (Å²) in [7, 11) is 0. The van der Waals surface area contributed by atoms with Gasteiger partial charge in [-0.05, 0) is 48.7 Å². The van der Waals surface area contributed by atoms with Crippen molar-refractivity contribution in [3.8, 4) is 11.8 Å².